The van der Waals surface area contributed by atoms with Gasteiger partial charge in [0.2, 0.25) is 0 Å². The number of hydrogen-bond acceptors (Lipinski definition) is 4. The number of aliphatic hydroxyl groups excluding tert-OH is 1. The van der Waals surface area contributed by atoms with E-state index in [0.29, 0.717) is 13.0 Å². The maximum atomic E-state index is 10.00. The van der Waals surface area contributed by atoms with Crippen molar-refractivity contribution in [1.29, 1.82) is 0 Å². The van der Waals surface area contributed by atoms with Crippen molar-refractivity contribution >= 4 is 5.82 Å². The van der Waals surface area contributed by atoms with Gasteiger partial charge < -0.3 is 10.4 Å². The van der Waals surface area contributed by atoms with Crippen LogP contribution in [0.2, 0.25) is 0 Å². The summed E-state index contributed by atoms with van der Waals surface area (Å²) in [4.78, 5) is 8.50. The fourth-order valence-corrected chi connectivity index (χ4v) is 1.99. The number of benzene rings is 1. The van der Waals surface area contributed by atoms with E-state index in [1.165, 1.54) is 0 Å². The van der Waals surface area contributed by atoms with Crippen LogP contribution in [0.5, 0.6) is 0 Å². The Morgan fingerprint density at radius 3 is 2.58 bits per heavy atom. The van der Waals surface area contributed by atoms with Gasteiger partial charge in [-0.05, 0) is 19.4 Å². The van der Waals surface area contributed by atoms with Crippen molar-refractivity contribution in [3.63, 3.8) is 0 Å². The maximum Gasteiger partial charge on any atom is 0.130 e. The minimum absolute atomic E-state index is 0.432. The third kappa shape index (κ3) is 4.34. The highest BCUT2D eigenvalue weighted by Gasteiger charge is 2.06. The zero-order chi connectivity index (χ0) is 13.7. The van der Waals surface area contributed by atoms with Gasteiger partial charge in [-0.25, -0.2) is 9.97 Å². The van der Waals surface area contributed by atoms with Gasteiger partial charge in [-0.15, -0.1) is 0 Å². The Balaban J connectivity index is 1.88. The minimum Gasteiger partial charge on any atom is -0.391 e. The Bertz CT molecular complexity index is 508. The largest absolute Gasteiger partial charge is 0.391 e. The van der Waals surface area contributed by atoms with E-state index in [1.54, 1.807) is 0 Å². The number of nitrogens with zero attached hydrogens (tertiary/aromatic N) is 2. The quantitative estimate of drug-likeness (QED) is 0.861. The molecule has 1 aromatic carbocycles. The van der Waals surface area contributed by atoms with Crippen LogP contribution in [0.1, 0.15) is 17.1 Å². The summed E-state index contributed by atoms with van der Waals surface area (Å²) >= 11 is 0. The molecular formula is C15H19N3O. The summed E-state index contributed by atoms with van der Waals surface area (Å²) in [6, 6.07) is 11.8. The van der Waals surface area contributed by atoms with Crippen LogP contribution in [0.25, 0.3) is 0 Å². The molecule has 100 valence electrons. The van der Waals surface area contributed by atoms with Gasteiger partial charge in [-0.1, -0.05) is 30.3 Å². The predicted molar refractivity (Wildman–Crippen MR) is 76.1 cm³/mol. The molecule has 1 unspecified atom stereocenters. The first-order valence-electron chi connectivity index (χ1n) is 6.41. The van der Waals surface area contributed by atoms with Gasteiger partial charge in [0, 0.05) is 24.7 Å². The molecule has 0 amide bonds. The van der Waals surface area contributed by atoms with E-state index in [9.17, 15) is 5.11 Å². The molecule has 0 aliphatic rings. The average Bonchev–Trinajstić information content (AvgIpc) is 2.36. The Morgan fingerprint density at radius 1 is 1.16 bits per heavy atom. The first kappa shape index (κ1) is 13.5. The molecule has 4 heteroatoms. The van der Waals surface area contributed by atoms with E-state index >= 15 is 0 Å². The zero-order valence-corrected chi connectivity index (χ0v) is 11.3. The Morgan fingerprint density at radius 2 is 1.89 bits per heavy atom. The standard InChI is InChI=1S/C15H19N3O/c1-11-8-15(18-12(2)17-11)16-10-14(19)9-13-6-4-3-5-7-13/h3-8,14,19H,9-10H2,1-2H3,(H,16,17,18). The topological polar surface area (TPSA) is 58.0 Å². The van der Waals surface area contributed by atoms with Crippen LogP contribution in [-0.2, 0) is 6.42 Å². The molecule has 0 saturated heterocycles. The monoisotopic (exact) mass is 257 g/mol. The van der Waals surface area contributed by atoms with E-state index in [2.05, 4.69) is 15.3 Å². The molecule has 0 saturated carbocycles. The lowest BCUT2D eigenvalue weighted by Crippen LogP contribution is -2.22. The van der Waals surface area contributed by atoms with E-state index < -0.39 is 6.10 Å². The van der Waals surface area contributed by atoms with E-state index in [0.717, 1.165) is 22.9 Å². The lowest BCUT2D eigenvalue weighted by Gasteiger charge is -2.13. The Labute approximate surface area is 113 Å². The van der Waals surface area contributed by atoms with Gasteiger partial charge >= 0.3 is 0 Å². The number of aromatic nitrogens is 2. The summed E-state index contributed by atoms with van der Waals surface area (Å²) in [6.07, 6.45) is 0.203. The molecule has 1 atom stereocenters. The number of aryl methyl sites for hydroxylation is 2. The van der Waals surface area contributed by atoms with Gasteiger partial charge in [0.15, 0.2) is 0 Å². The number of rotatable bonds is 5. The minimum atomic E-state index is -0.432. The summed E-state index contributed by atoms with van der Waals surface area (Å²) in [5.41, 5.74) is 2.05. The number of anilines is 1. The summed E-state index contributed by atoms with van der Waals surface area (Å²) in [6.45, 7) is 4.27. The van der Waals surface area contributed by atoms with Gasteiger partial charge in [-0.3, -0.25) is 0 Å². The van der Waals surface area contributed by atoms with Crippen molar-refractivity contribution in [3.05, 3.63) is 53.5 Å². The molecule has 0 aliphatic heterocycles. The van der Waals surface area contributed by atoms with Crippen molar-refractivity contribution in [2.45, 2.75) is 26.4 Å². The van der Waals surface area contributed by atoms with Crippen LogP contribution in [0.4, 0.5) is 5.82 Å². The molecule has 0 bridgehead atoms. The summed E-state index contributed by atoms with van der Waals surface area (Å²) in [5.74, 6) is 1.50. The molecule has 2 aromatic rings. The van der Waals surface area contributed by atoms with Crippen LogP contribution in [0, 0.1) is 13.8 Å². The highest BCUT2D eigenvalue weighted by molar-refractivity contribution is 5.35. The average molecular weight is 257 g/mol. The van der Waals surface area contributed by atoms with E-state index in [1.807, 2.05) is 50.2 Å². The van der Waals surface area contributed by atoms with Crippen LogP contribution >= 0.6 is 0 Å². The van der Waals surface area contributed by atoms with Gasteiger partial charge in [-0.2, -0.15) is 0 Å². The van der Waals surface area contributed by atoms with Crippen molar-refractivity contribution in [2.24, 2.45) is 0 Å². The van der Waals surface area contributed by atoms with Gasteiger partial charge in [0.05, 0.1) is 6.10 Å². The second kappa shape index (κ2) is 6.29. The molecule has 0 spiro atoms. The van der Waals surface area contributed by atoms with Gasteiger partial charge in [0.25, 0.3) is 0 Å². The predicted octanol–water partition coefficient (Wildman–Crippen LogP) is 2.11. The fraction of sp³-hybridized carbons (Fsp3) is 0.333. The number of hydrogen-bond donors (Lipinski definition) is 2. The molecule has 0 radical (unpaired) electrons. The molecule has 4 nitrogen and oxygen atoms in total. The highest BCUT2D eigenvalue weighted by Crippen LogP contribution is 2.07. The van der Waals surface area contributed by atoms with E-state index in [-0.39, 0.29) is 0 Å². The molecule has 1 heterocycles. The molecule has 1 aromatic heterocycles. The van der Waals surface area contributed by atoms with Crippen LogP contribution in [0.3, 0.4) is 0 Å². The Hall–Kier alpha value is -1.94. The second-order valence-electron chi connectivity index (χ2n) is 4.67. The first-order valence-corrected chi connectivity index (χ1v) is 6.41. The van der Waals surface area contributed by atoms with Crippen LogP contribution in [-0.4, -0.2) is 27.7 Å². The van der Waals surface area contributed by atoms with Crippen LogP contribution in [0.15, 0.2) is 36.4 Å². The maximum absolute atomic E-state index is 10.00. The van der Waals surface area contributed by atoms with Gasteiger partial charge in [0.1, 0.15) is 11.6 Å². The molecule has 2 rings (SSSR count). The summed E-state index contributed by atoms with van der Waals surface area (Å²) in [5, 5.41) is 13.1. The molecule has 0 fully saturated rings. The lowest BCUT2D eigenvalue weighted by molar-refractivity contribution is 0.188. The molecular weight excluding hydrogens is 238 g/mol. The fourth-order valence-electron chi connectivity index (χ4n) is 1.99. The number of aliphatic hydroxyl groups is 1. The number of nitrogens with one attached hydrogen (secondary N) is 1. The normalized spacial score (nSPS) is 12.2. The van der Waals surface area contributed by atoms with E-state index in [4.69, 9.17) is 0 Å². The second-order valence-corrected chi connectivity index (χ2v) is 4.67. The van der Waals surface area contributed by atoms with Crippen molar-refractivity contribution in [2.75, 3.05) is 11.9 Å². The first-order chi connectivity index (χ1) is 9.13. The molecule has 2 N–H and O–H groups in total. The van der Waals surface area contributed by atoms with Crippen molar-refractivity contribution in [1.82, 2.24) is 9.97 Å². The van der Waals surface area contributed by atoms with Crippen molar-refractivity contribution in [3.8, 4) is 0 Å². The van der Waals surface area contributed by atoms with Crippen molar-refractivity contribution < 1.29 is 5.11 Å². The molecule has 0 aliphatic carbocycles. The third-order valence-electron chi connectivity index (χ3n) is 2.80. The summed E-state index contributed by atoms with van der Waals surface area (Å²) < 4.78 is 0. The highest BCUT2D eigenvalue weighted by atomic mass is 16.3. The molecule has 19 heavy (non-hydrogen) atoms. The lowest BCUT2D eigenvalue weighted by atomic mass is 10.1. The smallest absolute Gasteiger partial charge is 0.130 e. The zero-order valence-electron chi connectivity index (χ0n) is 11.3. The third-order valence-corrected chi connectivity index (χ3v) is 2.80. The van der Waals surface area contributed by atoms with Crippen LogP contribution < -0.4 is 5.32 Å². The summed E-state index contributed by atoms with van der Waals surface area (Å²) in [7, 11) is 0. The SMILES string of the molecule is Cc1cc(NCC(O)Cc2ccccc2)nc(C)n1. The Kier molecular flexibility index (Phi) is 4.47.